The lowest BCUT2D eigenvalue weighted by Gasteiger charge is -2.07. The van der Waals surface area contributed by atoms with E-state index in [-0.39, 0.29) is 5.97 Å². The van der Waals surface area contributed by atoms with Gasteiger partial charge in [-0.2, -0.15) is 0 Å². The summed E-state index contributed by atoms with van der Waals surface area (Å²) >= 11 is 0. The van der Waals surface area contributed by atoms with Crippen LogP contribution in [0.1, 0.15) is 66.6 Å². The van der Waals surface area contributed by atoms with Gasteiger partial charge in [-0.3, -0.25) is 0 Å². The maximum atomic E-state index is 11.5. The molecule has 27 heavy (non-hydrogen) atoms. The second-order valence-corrected chi connectivity index (χ2v) is 6.93. The van der Waals surface area contributed by atoms with Crippen LogP contribution >= 0.6 is 0 Å². The molecule has 0 spiro atoms. The van der Waals surface area contributed by atoms with Gasteiger partial charge in [-0.1, -0.05) is 75.2 Å². The van der Waals surface area contributed by atoms with Crippen molar-refractivity contribution in [3.63, 3.8) is 0 Å². The number of aryl methyl sites for hydroxylation is 1. The van der Waals surface area contributed by atoms with Crippen LogP contribution in [-0.2, 0) is 11.2 Å². The van der Waals surface area contributed by atoms with Crippen molar-refractivity contribution >= 4 is 17.1 Å². The Balaban J connectivity index is 2.01. The van der Waals surface area contributed by atoms with E-state index in [0.29, 0.717) is 5.56 Å². The lowest BCUT2D eigenvalue weighted by molar-refractivity contribution is 0.0600. The minimum Gasteiger partial charge on any atom is -0.465 e. The molecule has 0 fully saturated rings. The highest BCUT2D eigenvalue weighted by Crippen LogP contribution is 2.22. The molecule has 2 heteroatoms. The van der Waals surface area contributed by atoms with E-state index in [0.717, 1.165) is 17.6 Å². The van der Waals surface area contributed by atoms with Gasteiger partial charge in [0, 0.05) is 0 Å². The van der Waals surface area contributed by atoms with Gasteiger partial charge in [-0.25, -0.2) is 4.79 Å². The molecule has 0 atom stereocenters. The zero-order chi connectivity index (χ0) is 19.6. The summed E-state index contributed by atoms with van der Waals surface area (Å²) in [5.74, 6) is -0.325. The van der Waals surface area contributed by atoms with Gasteiger partial charge < -0.3 is 4.74 Å². The summed E-state index contributed by atoms with van der Waals surface area (Å²) in [4.78, 5) is 11.5. The Morgan fingerprint density at radius 2 is 1.52 bits per heavy atom. The van der Waals surface area contributed by atoms with Crippen molar-refractivity contribution in [1.82, 2.24) is 0 Å². The molecule has 0 heterocycles. The van der Waals surface area contributed by atoms with Gasteiger partial charge in [0.2, 0.25) is 0 Å². The second kappa shape index (κ2) is 10.5. The number of benzene rings is 2. The summed E-state index contributed by atoms with van der Waals surface area (Å²) in [6, 6.07) is 16.2. The standard InChI is InChI=1S/C25H30O2/c1-5-6-7-8-9-21-10-12-22(13-11-21)19(2)18-20(3)23-14-16-24(17-15-23)25(26)27-4/h10-18H,3,5-9H2,1-2,4H3. The van der Waals surface area contributed by atoms with E-state index in [1.54, 1.807) is 12.1 Å². The predicted octanol–water partition coefficient (Wildman–Crippen LogP) is 6.71. The third-order valence-electron chi connectivity index (χ3n) is 4.80. The molecule has 0 saturated heterocycles. The summed E-state index contributed by atoms with van der Waals surface area (Å²) in [7, 11) is 1.39. The Morgan fingerprint density at radius 3 is 2.11 bits per heavy atom. The molecule has 2 rings (SSSR count). The quantitative estimate of drug-likeness (QED) is 0.281. The number of hydrogen-bond donors (Lipinski definition) is 0. The number of hydrogen-bond acceptors (Lipinski definition) is 2. The minimum absolute atomic E-state index is 0.325. The first-order valence-corrected chi connectivity index (χ1v) is 9.70. The molecule has 0 aromatic heterocycles. The number of unbranched alkanes of at least 4 members (excludes halogenated alkanes) is 3. The topological polar surface area (TPSA) is 26.3 Å². The Morgan fingerprint density at radius 1 is 0.926 bits per heavy atom. The molecule has 0 bridgehead atoms. The number of ether oxygens (including phenoxy) is 1. The first-order chi connectivity index (χ1) is 13.0. The van der Waals surface area contributed by atoms with Crippen LogP contribution in [0.15, 0.2) is 61.2 Å². The highest BCUT2D eigenvalue weighted by molar-refractivity contribution is 5.90. The zero-order valence-electron chi connectivity index (χ0n) is 16.8. The molecule has 0 unspecified atom stereocenters. The molecule has 0 aliphatic carbocycles. The molecule has 0 aliphatic rings. The van der Waals surface area contributed by atoms with Gasteiger partial charge >= 0.3 is 5.97 Å². The van der Waals surface area contributed by atoms with E-state index in [4.69, 9.17) is 4.74 Å². The SMILES string of the molecule is C=C(C=C(C)c1ccc(CCCCCC)cc1)c1ccc(C(=O)OC)cc1. The number of carbonyl (C=O) groups excluding carboxylic acids is 1. The first-order valence-electron chi connectivity index (χ1n) is 9.70. The first kappa shape index (κ1) is 20.7. The smallest absolute Gasteiger partial charge is 0.337 e. The molecule has 0 aliphatic heterocycles. The number of esters is 1. The van der Waals surface area contributed by atoms with Gasteiger partial charge in [0.1, 0.15) is 0 Å². The molecule has 0 N–H and O–H groups in total. The third kappa shape index (κ3) is 6.25. The average molecular weight is 363 g/mol. The average Bonchev–Trinajstić information content (AvgIpc) is 2.71. The van der Waals surface area contributed by atoms with Crippen molar-refractivity contribution in [1.29, 1.82) is 0 Å². The fraction of sp³-hybridized carbons (Fsp3) is 0.320. The van der Waals surface area contributed by atoms with Gasteiger partial charge in [-0.15, -0.1) is 0 Å². The minimum atomic E-state index is -0.325. The van der Waals surface area contributed by atoms with Crippen LogP contribution in [0.5, 0.6) is 0 Å². The van der Waals surface area contributed by atoms with Gasteiger partial charge in [0.05, 0.1) is 12.7 Å². The van der Waals surface area contributed by atoms with Gasteiger partial charge in [0.25, 0.3) is 0 Å². The monoisotopic (exact) mass is 362 g/mol. The van der Waals surface area contributed by atoms with Crippen LogP contribution in [0.2, 0.25) is 0 Å². The predicted molar refractivity (Wildman–Crippen MR) is 115 cm³/mol. The van der Waals surface area contributed by atoms with Crippen molar-refractivity contribution in [3.8, 4) is 0 Å². The molecule has 2 aromatic rings. The summed E-state index contributed by atoms with van der Waals surface area (Å²) in [6.07, 6.45) is 8.42. The van der Waals surface area contributed by atoms with Crippen LogP contribution in [0.25, 0.3) is 11.1 Å². The lowest BCUT2D eigenvalue weighted by Crippen LogP contribution is -2.00. The van der Waals surface area contributed by atoms with Crippen LogP contribution in [-0.4, -0.2) is 13.1 Å². The fourth-order valence-electron chi connectivity index (χ4n) is 3.06. The zero-order valence-corrected chi connectivity index (χ0v) is 16.8. The van der Waals surface area contributed by atoms with Crippen LogP contribution in [0, 0.1) is 0 Å². The maximum absolute atomic E-state index is 11.5. The van der Waals surface area contributed by atoms with E-state index >= 15 is 0 Å². The molecule has 0 saturated carbocycles. The van der Waals surface area contributed by atoms with Crippen LogP contribution in [0.3, 0.4) is 0 Å². The van der Waals surface area contributed by atoms with Crippen LogP contribution < -0.4 is 0 Å². The van der Waals surface area contributed by atoms with Crippen molar-refractivity contribution in [2.75, 3.05) is 7.11 Å². The van der Waals surface area contributed by atoms with Crippen molar-refractivity contribution in [2.24, 2.45) is 0 Å². The second-order valence-electron chi connectivity index (χ2n) is 6.93. The van der Waals surface area contributed by atoms with E-state index in [9.17, 15) is 4.79 Å². The highest BCUT2D eigenvalue weighted by atomic mass is 16.5. The van der Waals surface area contributed by atoms with E-state index < -0.39 is 0 Å². The number of carbonyl (C=O) groups is 1. The van der Waals surface area contributed by atoms with E-state index in [1.165, 1.54) is 49.5 Å². The largest absolute Gasteiger partial charge is 0.465 e. The molecular formula is C25H30O2. The van der Waals surface area contributed by atoms with Crippen molar-refractivity contribution < 1.29 is 9.53 Å². The molecule has 142 valence electrons. The highest BCUT2D eigenvalue weighted by Gasteiger charge is 2.05. The van der Waals surface area contributed by atoms with Gasteiger partial charge in [0.15, 0.2) is 0 Å². The summed E-state index contributed by atoms with van der Waals surface area (Å²) in [6.45, 7) is 8.51. The number of rotatable bonds is 9. The molecule has 2 aromatic carbocycles. The Hall–Kier alpha value is -2.61. The van der Waals surface area contributed by atoms with Crippen molar-refractivity contribution in [3.05, 3.63) is 83.4 Å². The Bertz CT molecular complexity index is 780. The summed E-state index contributed by atoms with van der Waals surface area (Å²) in [5.41, 5.74) is 6.25. The van der Waals surface area contributed by atoms with Crippen LogP contribution in [0.4, 0.5) is 0 Å². The van der Waals surface area contributed by atoms with Gasteiger partial charge in [-0.05, 0) is 59.7 Å². The Kier molecular flexibility index (Phi) is 8.06. The normalized spacial score (nSPS) is 11.3. The lowest BCUT2D eigenvalue weighted by atomic mass is 9.98. The molecular weight excluding hydrogens is 332 g/mol. The fourth-order valence-corrected chi connectivity index (χ4v) is 3.06. The van der Waals surface area contributed by atoms with Crippen molar-refractivity contribution in [2.45, 2.75) is 46.0 Å². The van der Waals surface area contributed by atoms with E-state index in [2.05, 4.69) is 50.8 Å². The summed E-state index contributed by atoms with van der Waals surface area (Å²) < 4.78 is 4.73. The molecule has 2 nitrogen and oxygen atoms in total. The molecule has 0 amide bonds. The van der Waals surface area contributed by atoms with E-state index in [1.807, 2.05) is 12.1 Å². The summed E-state index contributed by atoms with van der Waals surface area (Å²) in [5, 5.41) is 0. The third-order valence-corrected chi connectivity index (χ3v) is 4.80. The Labute approximate surface area is 163 Å². The maximum Gasteiger partial charge on any atom is 0.337 e. The molecule has 0 radical (unpaired) electrons. The number of allylic oxidation sites excluding steroid dienone is 3. The number of methoxy groups -OCH3 is 1.